The maximum absolute atomic E-state index is 13.3. The summed E-state index contributed by atoms with van der Waals surface area (Å²) in [5, 5.41) is 3.61. The Morgan fingerprint density at radius 3 is 2.62 bits per heavy atom. The Kier molecular flexibility index (Phi) is 4.12. The number of carbonyl (C=O) groups excluding carboxylic acids is 1. The predicted molar refractivity (Wildman–Crippen MR) is 92.5 cm³/mol. The van der Waals surface area contributed by atoms with E-state index in [0.717, 1.165) is 23.0 Å². The van der Waals surface area contributed by atoms with E-state index in [1.807, 2.05) is 13.8 Å². The summed E-state index contributed by atoms with van der Waals surface area (Å²) >= 11 is 0. The van der Waals surface area contributed by atoms with E-state index in [1.165, 1.54) is 13.1 Å². The van der Waals surface area contributed by atoms with E-state index in [2.05, 4.69) is 5.10 Å². The Morgan fingerprint density at radius 1 is 1.31 bits per heavy atom. The molecule has 0 saturated heterocycles. The van der Waals surface area contributed by atoms with Crippen LogP contribution in [0.5, 0.6) is 0 Å². The van der Waals surface area contributed by atoms with Gasteiger partial charge in [-0.05, 0) is 36.5 Å². The molecular weight excluding hydrogens is 395 g/mol. The van der Waals surface area contributed by atoms with Gasteiger partial charge in [0.1, 0.15) is 16.9 Å². The highest BCUT2D eigenvalue weighted by Crippen LogP contribution is 2.68. The van der Waals surface area contributed by atoms with E-state index in [1.54, 1.807) is 0 Å². The van der Waals surface area contributed by atoms with Gasteiger partial charge in [0.2, 0.25) is 0 Å². The Balaban J connectivity index is 1.80. The molecule has 1 fully saturated rings. The summed E-state index contributed by atoms with van der Waals surface area (Å²) < 4.78 is 73.3. The van der Waals surface area contributed by atoms with E-state index in [0.29, 0.717) is 24.0 Å². The van der Waals surface area contributed by atoms with Gasteiger partial charge in [-0.15, -0.1) is 0 Å². The number of alkyl halides is 5. The summed E-state index contributed by atoms with van der Waals surface area (Å²) in [5.41, 5.74) is -2.89. The number of aromatic nitrogens is 2. The molecule has 0 aliphatic heterocycles. The largest absolute Gasteiger partial charge is 0.450 e. The van der Waals surface area contributed by atoms with Crippen LogP contribution in [-0.4, -0.2) is 15.7 Å². The third kappa shape index (κ3) is 2.69. The van der Waals surface area contributed by atoms with Gasteiger partial charge in [0.25, 0.3) is 6.43 Å². The zero-order valence-corrected chi connectivity index (χ0v) is 16.0. The van der Waals surface area contributed by atoms with Crippen molar-refractivity contribution < 1.29 is 31.5 Å². The minimum atomic E-state index is -4.54. The van der Waals surface area contributed by atoms with Gasteiger partial charge in [-0.3, -0.25) is 4.68 Å². The molecule has 1 aromatic heterocycles. The maximum Gasteiger partial charge on any atom is 0.416 e. The molecule has 1 aromatic carbocycles. The lowest BCUT2D eigenvalue weighted by Gasteiger charge is -2.38. The fourth-order valence-corrected chi connectivity index (χ4v) is 5.00. The van der Waals surface area contributed by atoms with Crippen LogP contribution < -0.4 is 0 Å². The topological polar surface area (TPSA) is 44.1 Å². The molecule has 2 aliphatic carbocycles. The number of ether oxygens (including phenoxy) is 1. The zero-order chi connectivity index (χ0) is 21.4. The first-order valence-electron chi connectivity index (χ1n) is 9.15. The molecule has 4 nitrogen and oxygen atoms in total. The number of benzene rings is 1. The van der Waals surface area contributed by atoms with Crippen molar-refractivity contribution in [2.45, 2.75) is 50.8 Å². The molecule has 2 bridgehead atoms. The molecule has 29 heavy (non-hydrogen) atoms. The van der Waals surface area contributed by atoms with E-state index >= 15 is 0 Å². The second kappa shape index (κ2) is 6.03. The number of esters is 1. The molecule has 2 aromatic rings. The van der Waals surface area contributed by atoms with Gasteiger partial charge in [-0.2, -0.15) is 18.3 Å². The lowest BCUT2D eigenvalue weighted by Crippen LogP contribution is -2.40. The monoisotopic (exact) mass is 414 g/mol. The molecule has 0 radical (unpaired) electrons. The van der Waals surface area contributed by atoms with Crippen LogP contribution in [0.1, 0.15) is 71.8 Å². The van der Waals surface area contributed by atoms with Gasteiger partial charge >= 0.3 is 12.1 Å². The molecule has 0 spiro atoms. The van der Waals surface area contributed by atoms with Gasteiger partial charge in [0.05, 0.1) is 5.56 Å². The standard InChI is InChI=1S/C20H19F5N2O2/c1-18(2)13-6-7-19(18,14-8-10(20(23,24)25)4-5-11(13)14)29-17(28)12-9-27(3)26-15(12)16(21)22/h4-5,8-9,13,16H,6-7H2,1-3H3. The number of aryl methyl sites for hydroxylation is 1. The smallest absolute Gasteiger partial charge is 0.416 e. The van der Waals surface area contributed by atoms with Crippen LogP contribution in [0.4, 0.5) is 22.0 Å². The van der Waals surface area contributed by atoms with Crippen molar-refractivity contribution in [3.05, 3.63) is 52.3 Å². The number of rotatable bonds is 3. The molecule has 9 heteroatoms. The van der Waals surface area contributed by atoms with E-state index in [-0.39, 0.29) is 11.5 Å². The number of hydrogen-bond donors (Lipinski definition) is 0. The van der Waals surface area contributed by atoms with Crippen molar-refractivity contribution in [2.75, 3.05) is 0 Å². The molecule has 2 unspecified atom stereocenters. The summed E-state index contributed by atoms with van der Waals surface area (Å²) in [6.07, 6.45) is -5.42. The molecule has 0 amide bonds. The van der Waals surface area contributed by atoms with Crippen molar-refractivity contribution in [2.24, 2.45) is 12.5 Å². The lowest BCUT2D eigenvalue weighted by atomic mass is 9.76. The highest BCUT2D eigenvalue weighted by atomic mass is 19.4. The molecule has 1 heterocycles. The molecule has 2 aliphatic rings. The molecule has 0 N–H and O–H groups in total. The normalized spacial score (nSPS) is 24.8. The van der Waals surface area contributed by atoms with Gasteiger partial charge in [-0.25, -0.2) is 13.6 Å². The van der Waals surface area contributed by atoms with Crippen LogP contribution in [0.2, 0.25) is 0 Å². The van der Waals surface area contributed by atoms with Crippen LogP contribution in [0.3, 0.4) is 0 Å². The van der Waals surface area contributed by atoms with E-state index < -0.39 is 40.8 Å². The molecule has 156 valence electrons. The fourth-order valence-electron chi connectivity index (χ4n) is 5.00. The summed E-state index contributed by atoms with van der Waals surface area (Å²) in [7, 11) is 1.40. The first kappa shape index (κ1) is 19.8. The SMILES string of the molecule is Cn1cc(C(=O)OC23CCC(c4ccc(C(F)(F)F)cc42)C3(C)C)c(C(F)F)n1. The van der Waals surface area contributed by atoms with Gasteiger partial charge in [0, 0.05) is 24.2 Å². The minimum absolute atomic E-state index is 0.0870. The van der Waals surface area contributed by atoms with E-state index in [9.17, 15) is 26.7 Å². The van der Waals surface area contributed by atoms with Crippen LogP contribution in [-0.2, 0) is 23.6 Å². The van der Waals surface area contributed by atoms with Crippen LogP contribution >= 0.6 is 0 Å². The van der Waals surface area contributed by atoms with Gasteiger partial charge in [-0.1, -0.05) is 19.9 Å². The number of fused-ring (bicyclic) bond motifs is 5. The number of halogens is 5. The predicted octanol–water partition coefficient (Wildman–Crippen LogP) is 5.35. The van der Waals surface area contributed by atoms with E-state index in [4.69, 9.17) is 4.74 Å². The zero-order valence-electron chi connectivity index (χ0n) is 16.0. The highest BCUT2D eigenvalue weighted by Gasteiger charge is 2.65. The maximum atomic E-state index is 13.3. The van der Waals surface area contributed by atoms with Crippen molar-refractivity contribution in [1.29, 1.82) is 0 Å². The molecular formula is C20H19F5N2O2. The van der Waals surface area contributed by atoms with Crippen LogP contribution in [0, 0.1) is 5.41 Å². The Morgan fingerprint density at radius 2 is 2.00 bits per heavy atom. The lowest BCUT2D eigenvalue weighted by molar-refractivity contribution is -0.137. The van der Waals surface area contributed by atoms with Crippen molar-refractivity contribution in [3.8, 4) is 0 Å². The fraction of sp³-hybridized carbons (Fsp3) is 0.500. The molecule has 1 saturated carbocycles. The number of nitrogens with zero attached hydrogens (tertiary/aromatic N) is 2. The van der Waals surface area contributed by atoms with Gasteiger partial charge < -0.3 is 4.74 Å². The van der Waals surface area contributed by atoms with Crippen molar-refractivity contribution in [3.63, 3.8) is 0 Å². The van der Waals surface area contributed by atoms with Gasteiger partial charge in [0.15, 0.2) is 0 Å². The first-order chi connectivity index (χ1) is 13.4. The first-order valence-corrected chi connectivity index (χ1v) is 9.15. The number of carbonyl (C=O) groups is 1. The average Bonchev–Trinajstić information content (AvgIpc) is 3.18. The van der Waals surface area contributed by atoms with Crippen molar-refractivity contribution >= 4 is 5.97 Å². The quantitative estimate of drug-likeness (QED) is 0.503. The molecule has 2 atom stereocenters. The Bertz CT molecular complexity index is 995. The Labute approximate surface area is 163 Å². The minimum Gasteiger partial charge on any atom is -0.450 e. The second-order valence-corrected chi connectivity index (χ2v) is 8.23. The number of hydrogen-bond acceptors (Lipinski definition) is 3. The van der Waals surface area contributed by atoms with Crippen LogP contribution in [0.15, 0.2) is 24.4 Å². The second-order valence-electron chi connectivity index (χ2n) is 8.23. The summed E-state index contributed by atoms with van der Waals surface area (Å²) in [4.78, 5) is 12.9. The summed E-state index contributed by atoms with van der Waals surface area (Å²) in [6, 6.07) is 3.50. The van der Waals surface area contributed by atoms with Crippen LogP contribution in [0.25, 0.3) is 0 Å². The summed E-state index contributed by atoms with van der Waals surface area (Å²) in [6.45, 7) is 3.67. The average molecular weight is 414 g/mol. The molecule has 4 rings (SSSR count). The summed E-state index contributed by atoms with van der Waals surface area (Å²) in [5.74, 6) is -1.09. The highest BCUT2D eigenvalue weighted by molar-refractivity contribution is 5.91. The van der Waals surface area contributed by atoms with Crippen molar-refractivity contribution in [1.82, 2.24) is 9.78 Å². The Hall–Kier alpha value is -2.45. The third-order valence-electron chi connectivity index (χ3n) is 6.44. The third-order valence-corrected chi connectivity index (χ3v) is 6.44.